The lowest BCUT2D eigenvalue weighted by atomic mass is 9.76. The van der Waals surface area contributed by atoms with Crippen LogP contribution in [0.3, 0.4) is 0 Å². The summed E-state index contributed by atoms with van der Waals surface area (Å²) in [6, 6.07) is 8.64. The van der Waals surface area contributed by atoms with Gasteiger partial charge in [-0.3, -0.25) is 9.69 Å². The van der Waals surface area contributed by atoms with Gasteiger partial charge in [0.25, 0.3) is 11.8 Å². The normalized spacial score (nSPS) is 20.4. The van der Waals surface area contributed by atoms with Crippen LogP contribution in [0.1, 0.15) is 38.7 Å². The number of hydrogen-bond acceptors (Lipinski definition) is 8. The second-order valence-corrected chi connectivity index (χ2v) is 10.9. The Balaban J connectivity index is 1.35. The number of carbonyl (C=O) groups is 2. The third-order valence-electron chi connectivity index (χ3n) is 7.54. The number of rotatable bonds is 9. The van der Waals surface area contributed by atoms with E-state index in [1.165, 1.54) is 17.2 Å². The molecule has 13 heteroatoms. The summed E-state index contributed by atoms with van der Waals surface area (Å²) >= 11 is 0. The summed E-state index contributed by atoms with van der Waals surface area (Å²) in [7, 11) is -1.87. The Bertz CT molecular complexity index is 1310. The summed E-state index contributed by atoms with van der Waals surface area (Å²) in [5.74, 6) is -4.44. The standard InChI is InChI=1S/C27H33BF2N4O6/c1-26(2,33-11-9-27(29,30)17-33)13-19(14-31)24(35)34-10-5-6-20(34)16-40-25(36)32-23(28(37)38)12-18-15-39-22-8-4-3-7-21(18)22/h3-4,7-8,13,15,20,23,37-38H,5-6,9-12,16-17H2,1-2H3,(H,32,36)/t20-,23?/m1/s1. The number of nitriles is 1. The molecular weight excluding hydrogens is 525 g/mol. The number of furan rings is 1. The van der Waals surface area contributed by atoms with Crippen LogP contribution in [0.4, 0.5) is 13.6 Å². The molecule has 2 aliphatic rings. The Morgan fingerprint density at radius 1 is 1.35 bits per heavy atom. The summed E-state index contributed by atoms with van der Waals surface area (Å²) in [4.78, 5) is 28.8. The SMILES string of the molecule is CC(C)(C=C(C#N)C(=O)N1CCC[C@@H]1COC(=O)NC(Cc1coc2ccccc12)B(O)O)N1CCC(F)(F)C1. The zero-order chi connectivity index (χ0) is 29.1. The number of alkyl halides is 2. The van der Waals surface area contributed by atoms with E-state index in [0.29, 0.717) is 30.5 Å². The summed E-state index contributed by atoms with van der Waals surface area (Å²) in [6.45, 7) is 3.26. The molecule has 2 fully saturated rings. The van der Waals surface area contributed by atoms with Crippen molar-refractivity contribution in [2.24, 2.45) is 0 Å². The van der Waals surface area contributed by atoms with Gasteiger partial charge in [0.05, 0.1) is 24.8 Å². The first-order valence-corrected chi connectivity index (χ1v) is 13.2. The number of carbonyl (C=O) groups excluding carboxylic acids is 2. The highest BCUT2D eigenvalue weighted by Crippen LogP contribution is 2.33. The summed E-state index contributed by atoms with van der Waals surface area (Å²) < 4.78 is 38.3. The number of halogens is 2. The van der Waals surface area contributed by atoms with Crippen LogP contribution < -0.4 is 5.32 Å². The molecule has 2 aliphatic heterocycles. The number of likely N-dealkylation sites (tertiary alicyclic amines) is 2. The fourth-order valence-electron chi connectivity index (χ4n) is 5.27. The van der Waals surface area contributed by atoms with Gasteiger partial charge in [-0.15, -0.1) is 0 Å². The molecule has 1 aromatic carbocycles. The van der Waals surface area contributed by atoms with Crippen LogP contribution in [-0.2, 0) is 16.0 Å². The van der Waals surface area contributed by atoms with Gasteiger partial charge in [0, 0.05) is 30.4 Å². The molecule has 3 N–H and O–H groups in total. The van der Waals surface area contributed by atoms with Gasteiger partial charge >= 0.3 is 13.2 Å². The highest BCUT2D eigenvalue weighted by molar-refractivity contribution is 6.43. The van der Waals surface area contributed by atoms with E-state index in [9.17, 15) is 33.7 Å². The van der Waals surface area contributed by atoms with Crippen molar-refractivity contribution in [1.82, 2.24) is 15.1 Å². The Morgan fingerprint density at radius 2 is 2.10 bits per heavy atom. The molecule has 0 aliphatic carbocycles. The lowest BCUT2D eigenvalue weighted by Crippen LogP contribution is -2.49. The average molecular weight is 558 g/mol. The van der Waals surface area contributed by atoms with Crippen molar-refractivity contribution in [2.45, 2.75) is 63.0 Å². The van der Waals surface area contributed by atoms with Crippen molar-refractivity contribution in [3.8, 4) is 6.07 Å². The molecule has 0 bridgehead atoms. The van der Waals surface area contributed by atoms with Gasteiger partial charge in [-0.25, -0.2) is 13.6 Å². The zero-order valence-electron chi connectivity index (χ0n) is 22.5. The molecule has 2 atom stereocenters. The largest absolute Gasteiger partial charge is 0.475 e. The van der Waals surface area contributed by atoms with Crippen LogP contribution in [-0.4, -0.2) is 88.7 Å². The van der Waals surface area contributed by atoms with Crippen LogP contribution in [0.2, 0.25) is 0 Å². The van der Waals surface area contributed by atoms with Crippen LogP contribution in [0, 0.1) is 11.3 Å². The number of fused-ring (bicyclic) bond motifs is 1. The Morgan fingerprint density at radius 3 is 2.77 bits per heavy atom. The minimum atomic E-state index is -2.81. The van der Waals surface area contributed by atoms with E-state index in [0.717, 1.165) is 5.39 Å². The second kappa shape index (κ2) is 12.0. The van der Waals surface area contributed by atoms with Crippen molar-refractivity contribution in [3.63, 3.8) is 0 Å². The highest BCUT2D eigenvalue weighted by atomic mass is 19.3. The molecule has 1 aromatic heterocycles. The molecule has 214 valence electrons. The van der Waals surface area contributed by atoms with Crippen LogP contribution in [0.15, 0.2) is 46.6 Å². The minimum absolute atomic E-state index is 0.0763. The van der Waals surface area contributed by atoms with E-state index in [4.69, 9.17) is 9.15 Å². The van der Waals surface area contributed by atoms with Gasteiger partial charge in [-0.1, -0.05) is 18.2 Å². The third-order valence-corrected chi connectivity index (χ3v) is 7.54. The predicted octanol–water partition coefficient (Wildman–Crippen LogP) is 2.64. The molecule has 0 spiro atoms. The van der Waals surface area contributed by atoms with E-state index in [1.807, 2.05) is 24.3 Å². The molecule has 0 saturated carbocycles. The number of amides is 2. The number of nitrogens with one attached hydrogen (secondary N) is 1. The number of alkyl carbamates (subject to hydrolysis) is 1. The smallest absolute Gasteiger partial charge is 0.464 e. The highest BCUT2D eigenvalue weighted by Gasteiger charge is 2.43. The van der Waals surface area contributed by atoms with Crippen molar-refractivity contribution >= 4 is 30.1 Å². The van der Waals surface area contributed by atoms with Gasteiger partial charge in [-0.05, 0) is 50.8 Å². The molecule has 3 heterocycles. The molecular formula is C27H33BF2N4O6. The first kappa shape index (κ1) is 29.5. The van der Waals surface area contributed by atoms with Crippen molar-refractivity contribution < 1.29 is 37.6 Å². The van der Waals surface area contributed by atoms with Crippen molar-refractivity contribution in [2.75, 3.05) is 26.2 Å². The predicted molar refractivity (Wildman–Crippen MR) is 142 cm³/mol. The van der Waals surface area contributed by atoms with Crippen LogP contribution in [0.25, 0.3) is 11.0 Å². The second-order valence-electron chi connectivity index (χ2n) is 10.9. The first-order chi connectivity index (χ1) is 18.9. The van der Waals surface area contributed by atoms with E-state index in [1.54, 1.807) is 24.8 Å². The lowest BCUT2D eigenvalue weighted by molar-refractivity contribution is -0.128. The fourth-order valence-corrected chi connectivity index (χ4v) is 5.27. The maximum atomic E-state index is 13.7. The maximum absolute atomic E-state index is 13.7. The number of hydrogen-bond donors (Lipinski definition) is 3. The molecule has 2 saturated heterocycles. The molecule has 40 heavy (non-hydrogen) atoms. The number of nitrogens with zero attached hydrogens (tertiary/aromatic N) is 3. The quantitative estimate of drug-likeness (QED) is 0.243. The van der Waals surface area contributed by atoms with Gasteiger partial charge in [0.2, 0.25) is 0 Å². The van der Waals surface area contributed by atoms with Gasteiger partial charge < -0.3 is 29.4 Å². The van der Waals surface area contributed by atoms with Crippen molar-refractivity contribution in [1.29, 1.82) is 5.26 Å². The molecule has 2 amide bonds. The van der Waals surface area contributed by atoms with E-state index < -0.39 is 49.1 Å². The van der Waals surface area contributed by atoms with Crippen molar-refractivity contribution in [3.05, 3.63) is 47.7 Å². The molecule has 10 nitrogen and oxygen atoms in total. The number of benzene rings is 1. The third kappa shape index (κ3) is 6.81. The first-order valence-electron chi connectivity index (χ1n) is 13.2. The molecule has 2 aromatic rings. The Hall–Kier alpha value is -3.47. The topological polar surface area (TPSA) is 139 Å². The summed E-state index contributed by atoms with van der Waals surface area (Å²) in [5.41, 5.74) is 0.210. The lowest BCUT2D eigenvalue weighted by Gasteiger charge is -2.33. The van der Waals surface area contributed by atoms with Crippen LogP contribution in [0.5, 0.6) is 0 Å². The number of para-hydroxylation sites is 1. The summed E-state index contributed by atoms with van der Waals surface area (Å²) in [5, 5.41) is 32.6. The monoisotopic (exact) mass is 558 g/mol. The van der Waals surface area contributed by atoms with Crippen LogP contribution >= 0.6 is 0 Å². The minimum Gasteiger partial charge on any atom is -0.464 e. The fraction of sp³-hybridized carbons (Fsp3) is 0.519. The Kier molecular flexibility index (Phi) is 8.82. The maximum Gasteiger partial charge on any atom is 0.475 e. The molecule has 0 radical (unpaired) electrons. The number of ether oxygens (including phenoxy) is 1. The zero-order valence-corrected chi connectivity index (χ0v) is 22.5. The van der Waals surface area contributed by atoms with E-state index in [-0.39, 0.29) is 31.6 Å². The molecule has 4 rings (SSSR count). The van der Waals surface area contributed by atoms with E-state index in [2.05, 4.69) is 5.32 Å². The van der Waals surface area contributed by atoms with Gasteiger partial charge in [0.1, 0.15) is 23.8 Å². The molecule has 1 unspecified atom stereocenters. The van der Waals surface area contributed by atoms with Gasteiger partial charge in [0.15, 0.2) is 0 Å². The Labute approximate surface area is 231 Å². The average Bonchev–Trinajstić information content (AvgIpc) is 3.64. The van der Waals surface area contributed by atoms with E-state index >= 15 is 0 Å². The van der Waals surface area contributed by atoms with Gasteiger partial charge in [-0.2, -0.15) is 5.26 Å². The summed E-state index contributed by atoms with van der Waals surface area (Å²) in [6.07, 6.45) is 2.99.